The van der Waals surface area contributed by atoms with Crippen molar-refractivity contribution in [2.45, 2.75) is 70.1 Å². The summed E-state index contributed by atoms with van der Waals surface area (Å²) in [4.78, 5) is 24.5. The molecule has 0 aliphatic rings. The van der Waals surface area contributed by atoms with E-state index in [2.05, 4.69) is 50.6 Å². The number of sulfonamides is 1. The fraction of sp³-hybridized carbons (Fsp3) is 0.652. The first-order valence-electron chi connectivity index (χ1n) is 11.7. The summed E-state index contributed by atoms with van der Waals surface area (Å²) in [5.74, 6) is -3.31. The van der Waals surface area contributed by atoms with Crippen LogP contribution in [-0.2, 0) is 19.6 Å². The lowest BCUT2D eigenvalue weighted by atomic mass is 10.1. The van der Waals surface area contributed by atoms with Crippen molar-refractivity contribution in [1.82, 2.24) is 9.21 Å². The molecule has 1 rings (SSSR count). The molecule has 8 nitrogen and oxygen atoms in total. The van der Waals surface area contributed by atoms with Gasteiger partial charge in [0, 0.05) is 20.1 Å². The molecule has 0 unspecified atom stereocenters. The summed E-state index contributed by atoms with van der Waals surface area (Å²) in [6, 6.07) is 2.60. The largest absolute Gasteiger partial charge is 0.473 e. The molecule has 0 fully saturated rings. The lowest BCUT2D eigenvalue weighted by Gasteiger charge is -2.25. The molecule has 0 heterocycles. The maximum Gasteiger partial charge on any atom is 0.422 e. The molecule has 210 valence electrons. The van der Waals surface area contributed by atoms with Crippen LogP contribution in [0.15, 0.2) is 26.0 Å². The number of likely N-dealkylation sites (N-methyl/N-ethyl adjacent to an activating group) is 1. The molecule has 0 bridgehead atoms. The Balaban J connectivity index is 0. The second-order valence-electron chi connectivity index (χ2n) is 8.20. The van der Waals surface area contributed by atoms with Gasteiger partial charge in [0.1, 0.15) is 0 Å². The number of rotatable bonds is 16. The smallest absolute Gasteiger partial charge is 0.422 e. The normalized spacial score (nSPS) is 11.2. The van der Waals surface area contributed by atoms with E-state index in [1.54, 1.807) is 7.05 Å². The lowest BCUT2D eigenvalue weighted by Crippen LogP contribution is -2.37. The molecular formula is C23H38Br2Cl2N2O6S. The van der Waals surface area contributed by atoms with Crippen LogP contribution in [0.3, 0.4) is 0 Å². The number of carbonyl (C=O) groups is 2. The van der Waals surface area contributed by atoms with Crippen LogP contribution in [0.4, 0.5) is 0 Å². The van der Waals surface area contributed by atoms with E-state index in [-0.39, 0.29) is 44.4 Å². The zero-order valence-electron chi connectivity index (χ0n) is 21.0. The highest BCUT2D eigenvalue weighted by atomic mass is 79.9. The standard InChI is InChI=1S/C23H36Br2N2O6S.2ClH/c1-4-6-8-10-12-27(13-11-9-7-5-2)15-14-26(3)34(31,32)18-16-19(24)21(20(25)17-18)33-23(30)22(28)29;;/h16-17H,4-15H2,1-3H3,(H,28,29);2*1H. The number of carbonyl (C=O) groups excluding carboxylic acids is 1. The minimum absolute atomic E-state index is 0. The second kappa shape index (κ2) is 19.6. The highest BCUT2D eigenvalue weighted by Crippen LogP contribution is 2.36. The molecule has 1 N–H and O–H groups in total. The molecular weight excluding hydrogens is 663 g/mol. The molecule has 0 aliphatic heterocycles. The van der Waals surface area contributed by atoms with Crippen molar-refractivity contribution in [1.29, 1.82) is 0 Å². The Labute approximate surface area is 244 Å². The predicted molar refractivity (Wildman–Crippen MR) is 154 cm³/mol. The Morgan fingerprint density at radius 2 is 1.33 bits per heavy atom. The predicted octanol–water partition coefficient (Wildman–Crippen LogP) is 6.13. The summed E-state index contributed by atoms with van der Waals surface area (Å²) in [7, 11) is -2.27. The lowest BCUT2D eigenvalue weighted by molar-refractivity contribution is -0.158. The molecule has 0 aromatic heterocycles. The van der Waals surface area contributed by atoms with Crippen molar-refractivity contribution in [3.63, 3.8) is 0 Å². The number of benzene rings is 1. The second-order valence-corrected chi connectivity index (χ2v) is 12.0. The average molecular weight is 701 g/mol. The Morgan fingerprint density at radius 1 is 0.861 bits per heavy atom. The van der Waals surface area contributed by atoms with Crippen LogP contribution >= 0.6 is 56.7 Å². The summed E-state index contributed by atoms with van der Waals surface area (Å²) in [5, 5.41) is 8.74. The summed E-state index contributed by atoms with van der Waals surface area (Å²) in [5.41, 5.74) is 0. The number of aliphatic carboxylic acids is 1. The molecule has 1 aromatic rings. The van der Waals surface area contributed by atoms with E-state index < -0.39 is 22.0 Å². The number of nitrogens with zero attached hydrogens (tertiary/aromatic N) is 2. The zero-order chi connectivity index (χ0) is 25.7. The molecule has 0 amide bonds. The third-order valence-electron chi connectivity index (χ3n) is 5.44. The van der Waals surface area contributed by atoms with Crippen LogP contribution in [0.2, 0.25) is 0 Å². The molecule has 0 saturated carbocycles. The SMILES string of the molecule is CCCCCCN(CCCCCC)CCN(C)S(=O)(=O)c1cc(Br)c(OC(=O)C(=O)O)c(Br)c1.Cl.Cl. The molecule has 13 heteroatoms. The van der Waals surface area contributed by atoms with E-state index in [1.165, 1.54) is 55.0 Å². The zero-order valence-corrected chi connectivity index (χ0v) is 26.6. The first-order chi connectivity index (χ1) is 16.0. The number of hydrogen-bond donors (Lipinski definition) is 1. The Kier molecular flexibility index (Phi) is 20.5. The summed E-state index contributed by atoms with van der Waals surface area (Å²) >= 11 is 6.34. The van der Waals surface area contributed by atoms with Gasteiger partial charge in [0.25, 0.3) is 0 Å². The van der Waals surface area contributed by atoms with Gasteiger partial charge in [-0.1, -0.05) is 52.4 Å². The van der Waals surface area contributed by atoms with Crippen LogP contribution < -0.4 is 4.74 Å². The van der Waals surface area contributed by atoms with Gasteiger partial charge >= 0.3 is 11.9 Å². The summed E-state index contributed by atoms with van der Waals surface area (Å²) in [6.07, 6.45) is 9.34. The maximum atomic E-state index is 13.2. The van der Waals surface area contributed by atoms with Gasteiger partial charge in [0.15, 0.2) is 5.75 Å². The third kappa shape index (κ3) is 12.9. The van der Waals surface area contributed by atoms with Crippen LogP contribution in [0.1, 0.15) is 65.2 Å². The Hall–Kier alpha value is -0.430. The van der Waals surface area contributed by atoms with Gasteiger partial charge in [-0.25, -0.2) is 18.0 Å². The Bertz CT molecular complexity index is 887. The van der Waals surface area contributed by atoms with Crippen molar-refractivity contribution in [3.05, 3.63) is 21.1 Å². The molecule has 0 radical (unpaired) electrons. The Morgan fingerprint density at radius 3 is 1.75 bits per heavy atom. The number of halogens is 4. The molecule has 0 atom stereocenters. The van der Waals surface area contributed by atoms with Gasteiger partial charge in [-0.2, -0.15) is 4.31 Å². The fourth-order valence-electron chi connectivity index (χ4n) is 3.36. The van der Waals surface area contributed by atoms with Crippen LogP contribution in [0, 0.1) is 0 Å². The number of esters is 1. The van der Waals surface area contributed by atoms with Crippen molar-refractivity contribution in [2.75, 3.05) is 33.2 Å². The summed E-state index contributed by atoms with van der Waals surface area (Å²) in [6.45, 7) is 7.27. The van der Waals surface area contributed by atoms with Crippen molar-refractivity contribution in [2.24, 2.45) is 0 Å². The quantitative estimate of drug-likeness (QED) is 0.0958. The number of hydrogen-bond acceptors (Lipinski definition) is 6. The van der Waals surface area contributed by atoms with Gasteiger partial charge in [0.05, 0.1) is 13.8 Å². The maximum absolute atomic E-state index is 13.2. The molecule has 0 spiro atoms. The van der Waals surface area contributed by atoms with E-state index in [4.69, 9.17) is 9.84 Å². The van der Waals surface area contributed by atoms with Crippen molar-refractivity contribution < 1.29 is 27.9 Å². The first-order valence-corrected chi connectivity index (χ1v) is 14.7. The van der Waals surface area contributed by atoms with Crippen LogP contribution in [-0.4, -0.2) is 67.9 Å². The molecule has 36 heavy (non-hydrogen) atoms. The average Bonchev–Trinajstić information content (AvgIpc) is 2.78. The molecule has 1 aromatic carbocycles. The summed E-state index contributed by atoms with van der Waals surface area (Å²) < 4.78 is 32.7. The van der Waals surface area contributed by atoms with Gasteiger partial charge in [-0.05, 0) is 69.9 Å². The number of carboxylic acid groups (broad SMARTS) is 1. The van der Waals surface area contributed by atoms with Crippen LogP contribution in [0.25, 0.3) is 0 Å². The van der Waals surface area contributed by atoms with Crippen molar-refractivity contribution in [3.8, 4) is 5.75 Å². The first kappa shape index (κ1) is 37.7. The van der Waals surface area contributed by atoms with Gasteiger partial charge in [-0.3, -0.25) is 0 Å². The number of ether oxygens (including phenoxy) is 1. The molecule has 0 aliphatic carbocycles. The van der Waals surface area contributed by atoms with Crippen LogP contribution in [0.5, 0.6) is 5.75 Å². The van der Waals surface area contributed by atoms with Gasteiger partial charge < -0.3 is 14.7 Å². The van der Waals surface area contributed by atoms with E-state index in [9.17, 15) is 18.0 Å². The minimum atomic E-state index is -3.81. The van der Waals surface area contributed by atoms with Crippen molar-refractivity contribution >= 4 is 78.6 Å². The van der Waals surface area contributed by atoms with E-state index >= 15 is 0 Å². The highest BCUT2D eigenvalue weighted by molar-refractivity contribution is 9.11. The molecule has 0 saturated heterocycles. The topological polar surface area (TPSA) is 104 Å². The minimum Gasteiger partial charge on any atom is -0.473 e. The monoisotopic (exact) mass is 698 g/mol. The van der Waals surface area contributed by atoms with Gasteiger partial charge in [-0.15, -0.1) is 24.8 Å². The number of unbranched alkanes of at least 4 members (excludes halogenated alkanes) is 6. The fourth-order valence-corrected chi connectivity index (χ4v) is 6.23. The number of carboxylic acids is 1. The van der Waals surface area contributed by atoms with E-state index in [1.807, 2.05) is 0 Å². The highest BCUT2D eigenvalue weighted by Gasteiger charge is 2.25. The van der Waals surface area contributed by atoms with E-state index in [0.717, 1.165) is 25.9 Å². The van der Waals surface area contributed by atoms with Gasteiger partial charge in [0.2, 0.25) is 10.0 Å². The third-order valence-corrected chi connectivity index (χ3v) is 8.45. The van der Waals surface area contributed by atoms with E-state index in [0.29, 0.717) is 13.1 Å².